The number of halogens is 1. The lowest BCUT2D eigenvalue weighted by Gasteiger charge is -2.51. The van der Waals surface area contributed by atoms with E-state index in [9.17, 15) is 0 Å². The van der Waals surface area contributed by atoms with E-state index in [0.717, 1.165) is 16.8 Å². The number of pyridine rings is 1. The zero-order chi connectivity index (χ0) is 25.3. The van der Waals surface area contributed by atoms with Crippen molar-refractivity contribution in [1.29, 1.82) is 0 Å². The van der Waals surface area contributed by atoms with Crippen LogP contribution in [0.3, 0.4) is 0 Å². The molecule has 8 nitrogen and oxygen atoms in total. The first-order valence-corrected chi connectivity index (χ1v) is 12.1. The average Bonchev–Trinajstić information content (AvgIpc) is 2.89. The van der Waals surface area contributed by atoms with Crippen LogP contribution in [0.1, 0.15) is 28.8 Å². The summed E-state index contributed by atoms with van der Waals surface area (Å²) in [7, 11) is 3.43. The smallest absolute Gasteiger partial charge is 0.221 e. The highest BCUT2D eigenvalue weighted by Crippen LogP contribution is 2.45. The molecule has 9 heteroatoms. The molecule has 0 fully saturated rings. The van der Waals surface area contributed by atoms with Crippen LogP contribution in [-0.2, 0) is 28.0 Å². The van der Waals surface area contributed by atoms with Gasteiger partial charge in [0.25, 0.3) is 0 Å². The molecule has 0 saturated carbocycles. The van der Waals surface area contributed by atoms with Crippen molar-refractivity contribution in [3.63, 3.8) is 0 Å². The van der Waals surface area contributed by atoms with Gasteiger partial charge in [0.05, 0.1) is 16.8 Å². The fraction of sp³-hybridized carbons (Fsp3) is 0.296. The van der Waals surface area contributed by atoms with E-state index < -0.39 is 5.54 Å². The molecule has 3 unspecified atom stereocenters. The quantitative estimate of drug-likeness (QED) is 0.485. The van der Waals surface area contributed by atoms with Gasteiger partial charge in [0.2, 0.25) is 5.95 Å². The van der Waals surface area contributed by atoms with Crippen LogP contribution in [0.15, 0.2) is 66.6 Å². The van der Waals surface area contributed by atoms with E-state index in [2.05, 4.69) is 51.4 Å². The highest BCUT2D eigenvalue weighted by Gasteiger charge is 2.51. The number of nitrogens with zero attached hydrogens (tertiary/aromatic N) is 4. The Morgan fingerprint density at radius 1 is 1.08 bits per heavy atom. The number of benzene rings is 1. The minimum atomic E-state index is -0.777. The normalized spacial score (nSPS) is 23.3. The summed E-state index contributed by atoms with van der Waals surface area (Å²) in [6.45, 7) is 0.671. The lowest BCUT2D eigenvalue weighted by molar-refractivity contribution is -0.108. The molecular weight excluding hydrogens is 476 g/mol. The number of rotatable bonds is 6. The molecular formula is C27H29ClN6O2. The maximum absolute atomic E-state index is 6.24. The first-order chi connectivity index (χ1) is 17.4. The highest BCUT2D eigenvalue weighted by molar-refractivity contribution is 6.30. The highest BCUT2D eigenvalue weighted by atomic mass is 35.5. The molecule has 1 aromatic carbocycles. The number of hydrogen-bond acceptors (Lipinski definition) is 8. The Kier molecular flexibility index (Phi) is 6.66. The molecule has 0 radical (unpaired) electrons. The Morgan fingerprint density at radius 3 is 2.64 bits per heavy atom. The van der Waals surface area contributed by atoms with Gasteiger partial charge in [-0.3, -0.25) is 4.98 Å². The van der Waals surface area contributed by atoms with Crippen LogP contribution in [0.25, 0.3) is 6.08 Å². The first-order valence-electron chi connectivity index (χ1n) is 11.7. The molecule has 36 heavy (non-hydrogen) atoms. The molecule has 1 aliphatic carbocycles. The number of anilines is 2. The van der Waals surface area contributed by atoms with Crippen LogP contribution in [0.2, 0.25) is 5.02 Å². The Morgan fingerprint density at radius 2 is 1.92 bits per heavy atom. The molecule has 2 aliphatic rings. The maximum Gasteiger partial charge on any atom is 0.221 e. The SMILES string of the molecule is COC1CC(Cc2cnc(N)nc2N)=CC(c2ccc(Cl)cn2)(N2C=Cc3ccccc3C2)C1OC. The number of nitrogens with two attached hydrogens (primary N) is 2. The number of hydrogen-bond donors (Lipinski definition) is 2. The molecule has 186 valence electrons. The minimum Gasteiger partial charge on any atom is -0.383 e. The average molecular weight is 505 g/mol. The van der Waals surface area contributed by atoms with Gasteiger partial charge in [-0.05, 0) is 42.2 Å². The maximum atomic E-state index is 6.24. The molecule has 3 atom stereocenters. The van der Waals surface area contributed by atoms with Crippen LogP contribution in [0, 0.1) is 0 Å². The fourth-order valence-corrected chi connectivity index (χ4v) is 5.42. The number of nitrogen functional groups attached to an aromatic ring is 2. The molecule has 3 aromatic rings. The standard InChI is InChI=1S/C27H29ClN6O2/c1-35-22-12-17(11-20-14-32-26(30)33-25(20)29)13-27(24(22)36-2,23-8-7-21(28)15-31-23)34-10-9-18-5-3-4-6-19(18)16-34/h3-10,13-15,22,24H,11-12,16H2,1-2H3,(H4,29,30,32,33). The third-order valence-corrected chi connectivity index (χ3v) is 7.22. The zero-order valence-electron chi connectivity index (χ0n) is 20.3. The van der Waals surface area contributed by atoms with Gasteiger partial charge in [-0.1, -0.05) is 47.5 Å². The van der Waals surface area contributed by atoms with Crippen molar-refractivity contribution in [3.8, 4) is 0 Å². The van der Waals surface area contributed by atoms with Crippen LogP contribution in [-0.4, -0.2) is 46.3 Å². The summed E-state index contributed by atoms with van der Waals surface area (Å²) in [5.41, 5.74) is 16.3. The van der Waals surface area contributed by atoms with E-state index in [1.807, 2.05) is 18.2 Å². The summed E-state index contributed by atoms with van der Waals surface area (Å²) in [4.78, 5) is 15.4. The fourth-order valence-electron chi connectivity index (χ4n) is 5.31. The van der Waals surface area contributed by atoms with Crippen molar-refractivity contribution in [2.24, 2.45) is 0 Å². The Labute approximate surface area is 215 Å². The first kappa shape index (κ1) is 24.2. The third kappa shape index (κ3) is 4.32. The third-order valence-electron chi connectivity index (χ3n) is 6.99. The minimum absolute atomic E-state index is 0.153. The molecule has 2 aromatic heterocycles. The molecule has 0 spiro atoms. The van der Waals surface area contributed by atoms with Gasteiger partial charge in [-0.2, -0.15) is 4.98 Å². The van der Waals surface area contributed by atoms with E-state index in [0.29, 0.717) is 30.2 Å². The second-order valence-corrected chi connectivity index (χ2v) is 9.52. The van der Waals surface area contributed by atoms with Crippen molar-refractivity contribution in [3.05, 3.63) is 94.0 Å². The second kappa shape index (κ2) is 9.89. The molecule has 1 aliphatic heterocycles. The molecule has 3 heterocycles. The topological polar surface area (TPSA) is 112 Å². The van der Waals surface area contributed by atoms with Gasteiger partial charge in [0, 0.05) is 44.9 Å². The van der Waals surface area contributed by atoms with Gasteiger partial charge in [-0.25, -0.2) is 4.98 Å². The summed E-state index contributed by atoms with van der Waals surface area (Å²) in [6, 6.07) is 12.2. The van der Waals surface area contributed by atoms with Gasteiger partial charge in [-0.15, -0.1) is 0 Å². The predicted molar refractivity (Wildman–Crippen MR) is 141 cm³/mol. The number of aromatic nitrogens is 3. The summed E-state index contributed by atoms with van der Waals surface area (Å²) in [5, 5.41) is 0.567. The van der Waals surface area contributed by atoms with Crippen LogP contribution >= 0.6 is 11.6 Å². The molecule has 0 saturated heterocycles. The van der Waals surface area contributed by atoms with Crippen LogP contribution in [0.5, 0.6) is 0 Å². The van der Waals surface area contributed by atoms with Gasteiger partial charge in [0.15, 0.2) is 0 Å². The van der Waals surface area contributed by atoms with Crippen molar-refractivity contribution in [1.82, 2.24) is 19.9 Å². The summed E-state index contributed by atoms with van der Waals surface area (Å²) in [6.07, 6.45) is 10.4. The second-order valence-electron chi connectivity index (χ2n) is 9.08. The lowest BCUT2D eigenvalue weighted by atomic mass is 9.74. The van der Waals surface area contributed by atoms with E-state index in [1.165, 1.54) is 11.1 Å². The molecule has 5 rings (SSSR count). The van der Waals surface area contributed by atoms with Gasteiger partial charge in [0.1, 0.15) is 17.5 Å². The van der Waals surface area contributed by atoms with Crippen molar-refractivity contribution >= 4 is 29.4 Å². The van der Waals surface area contributed by atoms with E-state index in [4.69, 9.17) is 37.5 Å². The van der Waals surface area contributed by atoms with E-state index in [-0.39, 0.29) is 18.2 Å². The van der Waals surface area contributed by atoms with E-state index >= 15 is 0 Å². The molecule has 0 bridgehead atoms. The lowest BCUT2D eigenvalue weighted by Crippen LogP contribution is -2.59. The largest absolute Gasteiger partial charge is 0.383 e. The Balaban J connectivity index is 1.68. The molecule has 0 amide bonds. The van der Waals surface area contributed by atoms with Gasteiger partial charge < -0.3 is 25.8 Å². The number of fused-ring (bicyclic) bond motifs is 1. The summed E-state index contributed by atoms with van der Waals surface area (Å²) >= 11 is 6.24. The van der Waals surface area contributed by atoms with Crippen molar-refractivity contribution in [2.75, 3.05) is 25.7 Å². The monoisotopic (exact) mass is 504 g/mol. The van der Waals surface area contributed by atoms with Crippen molar-refractivity contribution < 1.29 is 9.47 Å². The number of ether oxygens (including phenoxy) is 2. The van der Waals surface area contributed by atoms with Crippen LogP contribution < -0.4 is 11.5 Å². The van der Waals surface area contributed by atoms with Crippen LogP contribution in [0.4, 0.5) is 11.8 Å². The van der Waals surface area contributed by atoms with E-state index in [1.54, 1.807) is 26.6 Å². The Bertz CT molecular complexity index is 1310. The molecule has 4 N–H and O–H groups in total. The van der Waals surface area contributed by atoms with Gasteiger partial charge >= 0.3 is 0 Å². The Hall–Kier alpha value is -3.46. The zero-order valence-corrected chi connectivity index (χ0v) is 21.0. The summed E-state index contributed by atoms with van der Waals surface area (Å²) in [5.74, 6) is 0.521. The summed E-state index contributed by atoms with van der Waals surface area (Å²) < 4.78 is 12.2. The number of methoxy groups -OCH3 is 2. The van der Waals surface area contributed by atoms with Crippen molar-refractivity contribution in [2.45, 2.75) is 37.1 Å². The predicted octanol–water partition coefficient (Wildman–Crippen LogP) is 3.97.